The van der Waals surface area contributed by atoms with Crippen LogP contribution in [0.4, 0.5) is 0 Å². The number of ether oxygens (including phenoxy) is 2. The zero-order valence-electron chi connectivity index (χ0n) is 14.4. The minimum Gasteiger partial charge on any atom is -0.490 e. The first kappa shape index (κ1) is 17.6. The minimum atomic E-state index is 0.0416. The molecule has 1 saturated heterocycles. The van der Waals surface area contributed by atoms with Crippen LogP contribution >= 0.6 is 0 Å². The van der Waals surface area contributed by atoms with E-state index in [0.29, 0.717) is 36.3 Å². The standard InChI is InChI=1S/C18H28N2O3/c1-4-12-23-16-7-6-14(13-17(16)22-5-2)18(21)20(3)15-8-10-19-11-9-15/h6-7,13,15,19H,4-5,8-12H2,1-3H3. The van der Waals surface area contributed by atoms with Gasteiger partial charge in [0.2, 0.25) is 0 Å². The highest BCUT2D eigenvalue weighted by molar-refractivity contribution is 5.95. The third-order valence-electron chi connectivity index (χ3n) is 4.13. The van der Waals surface area contributed by atoms with Gasteiger partial charge in [0.1, 0.15) is 0 Å². The summed E-state index contributed by atoms with van der Waals surface area (Å²) in [5, 5.41) is 3.33. The maximum Gasteiger partial charge on any atom is 0.253 e. The second-order valence-electron chi connectivity index (χ2n) is 5.84. The van der Waals surface area contributed by atoms with Gasteiger partial charge in [0.25, 0.3) is 5.91 Å². The fourth-order valence-electron chi connectivity index (χ4n) is 2.80. The summed E-state index contributed by atoms with van der Waals surface area (Å²) < 4.78 is 11.3. The van der Waals surface area contributed by atoms with E-state index in [9.17, 15) is 4.79 Å². The Kier molecular flexibility index (Phi) is 6.71. The summed E-state index contributed by atoms with van der Waals surface area (Å²) >= 11 is 0. The molecule has 0 atom stereocenters. The number of carbonyl (C=O) groups excluding carboxylic acids is 1. The smallest absolute Gasteiger partial charge is 0.253 e. The van der Waals surface area contributed by atoms with Crippen molar-refractivity contribution in [2.24, 2.45) is 0 Å². The highest BCUT2D eigenvalue weighted by atomic mass is 16.5. The number of amides is 1. The van der Waals surface area contributed by atoms with Crippen molar-refractivity contribution in [3.8, 4) is 11.5 Å². The Balaban J connectivity index is 2.13. The van der Waals surface area contributed by atoms with Gasteiger partial charge in [0, 0.05) is 18.7 Å². The molecule has 0 unspecified atom stereocenters. The number of benzene rings is 1. The van der Waals surface area contributed by atoms with Gasteiger partial charge in [0.05, 0.1) is 13.2 Å². The zero-order chi connectivity index (χ0) is 16.7. The maximum absolute atomic E-state index is 12.7. The normalized spacial score (nSPS) is 15.3. The summed E-state index contributed by atoms with van der Waals surface area (Å²) in [6.45, 7) is 7.12. The van der Waals surface area contributed by atoms with Crippen LogP contribution in [0, 0.1) is 0 Å². The van der Waals surface area contributed by atoms with Crippen molar-refractivity contribution in [1.29, 1.82) is 0 Å². The number of nitrogens with zero attached hydrogens (tertiary/aromatic N) is 1. The number of rotatable bonds is 7. The molecule has 0 aromatic heterocycles. The topological polar surface area (TPSA) is 50.8 Å². The zero-order valence-corrected chi connectivity index (χ0v) is 14.4. The average Bonchev–Trinajstić information content (AvgIpc) is 2.60. The van der Waals surface area contributed by atoms with Crippen molar-refractivity contribution in [2.75, 3.05) is 33.4 Å². The molecule has 0 radical (unpaired) electrons. The second-order valence-corrected chi connectivity index (χ2v) is 5.84. The predicted molar refractivity (Wildman–Crippen MR) is 91.4 cm³/mol. The van der Waals surface area contributed by atoms with E-state index in [1.165, 1.54) is 0 Å². The van der Waals surface area contributed by atoms with Crippen molar-refractivity contribution >= 4 is 5.91 Å². The summed E-state index contributed by atoms with van der Waals surface area (Å²) in [5.41, 5.74) is 0.651. The van der Waals surface area contributed by atoms with Gasteiger partial charge in [-0.1, -0.05) is 6.92 Å². The van der Waals surface area contributed by atoms with Crippen molar-refractivity contribution in [3.05, 3.63) is 23.8 Å². The first-order valence-electron chi connectivity index (χ1n) is 8.54. The molecule has 1 aromatic carbocycles. The lowest BCUT2D eigenvalue weighted by Gasteiger charge is -2.31. The SMILES string of the molecule is CCCOc1ccc(C(=O)N(C)C2CCNCC2)cc1OCC. The van der Waals surface area contributed by atoms with Crippen LogP contribution in [0.25, 0.3) is 0 Å². The van der Waals surface area contributed by atoms with Gasteiger partial charge in [-0.15, -0.1) is 0 Å². The van der Waals surface area contributed by atoms with Crippen LogP contribution in [0.3, 0.4) is 0 Å². The Morgan fingerprint density at radius 2 is 1.96 bits per heavy atom. The molecule has 0 aliphatic carbocycles. The minimum absolute atomic E-state index is 0.0416. The van der Waals surface area contributed by atoms with Crippen LogP contribution in [-0.4, -0.2) is 50.2 Å². The van der Waals surface area contributed by atoms with Crippen LogP contribution < -0.4 is 14.8 Å². The lowest BCUT2D eigenvalue weighted by atomic mass is 10.0. The van der Waals surface area contributed by atoms with Crippen molar-refractivity contribution in [3.63, 3.8) is 0 Å². The average molecular weight is 320 g/mol. The van der Waals surface area contributed by atoms with E-state index in [2.05, 4.69) is 12.2 Å². The van der Waals surface area contributed by atoms with Gasteiger partial charge in [-0.3, -0.25) is 4.79 Å². The molecule has 0 saturated carbocycles. The Bertz CT molecular complexity index is 513. The van der Waals surface area contributed by atoms with Gasteiger partial charge in [-0.2, -0.15) is 0 Å². The fourth-order valence-corrected chi connectivity index (χ4v) is 2.80. The van der Waals surface area contributed by atoms with Crippen LogP contribution in [0.5, 0.6) is 11.5 Å². The maximum atomic E-state index is 12.7. The van der Waals surface area contributed by atoms with Crippen LogP contribution in [0.1, 0.15) is 43.5 Å². The molecule has 0 spiro atoms. The second kappa shape index (κ2) is 8.77. The molecule has 1 N–H and O–H groups in total. The molecular formula is C18H28N2O3. The number of piperidine rings is 1. The first-order valence-corrected chi connectivity index (χ1v) is 8.54. The summed E-state index contributed by atoms with van der Waals surface area (Å²) in [6.07, 6.45) is 2.93. The van der Waals surface area contributed by atoms with Gasteiger partial charge in [-0.25, -0.2) is 0 Å². The lowest BCUT2D eigenvalue weighted by Crippen LogP contribution is -2.43. The molecule has 2 rings (SSSR count). The molecule has 23 heavy (non-hydrogen) atoms. The van der Waals surface area contributed by atoms with E-state index in [1.54, 1.807) is 6.07 Å². The molecule has 1 aromatic rings. The number of carbonyl (C=O) groups is 1. The van der Waals surface area contributed by atoms with Crippen molar-refractivity contribution in [2.45, 2.75) is 39.2 Å². The van der Waals surface area contributed by atoms with Crippen molar-refractivity contribution < 1.29 is 14.3 Å². The Morgan fingerprint density at radius 3 is 2.61 bits per heavy atom. The van der Waals surface area contributed by atoms with E-state index in [0.717, 1.165) is 32.4 Å². The first-order chi connectivity index (χ1) is 11.2. The molecule has 1 heterocycles. The monoisotopic (exact) mass is 320 g/mol. The molecule has 128 valence electrons. The molecule has 1 amide bonds. The molecular weight excluding hydrogens is 292 g/mol. The van der Waals surface area contributed by atoms with Crippen LogP contribution in [0.2, 0.25) is 0 Å². The van der Waals surface area contributed by atoms with E-state index < -0.39 is 0 Å². The molecule has 1 aliphatic heterocycles. The van der Waals surface area contributed by atoms with Crippen molar-refractivity contribution in [1.82, 2.24) is 10.2 Å². The van der Waals surface area contributed by atoms with Crippen LogP contribution in [0.15, 0.2) is 18.2 Å². The number of hydrogen-bond donors (Lipinski definition) is 1. The summed E-state index contributed by atoms with van der Waals surface area (Å²) in [5.74, 6) is 1.39. The number of hydrogen-bond acceptors (Lipinski definition) is 4. The van der Waals surface area contributed by atoms with E-state index in [1.807, 2.05) is 31.0 Å². The summed E-state index contributed by atoms with van der Waals surface area (Å²) in [6, 6.07) is 5.77. The van der Waals surface area contributed by atoms with E-state index in [4.69, 9.17) is 9.47 Å². The predicted octanol–water partition coefficient (Wildman–Crippen LogP) is 2.70. The molecule has 5 nitrogen and oxygen atoms in total. The van der Waals surface area contributed by atoms with E-state index in [-0.39, 0.29) is 5.91 Å². The molecule has 1 aliphatic rings. The Labute approximate surface area is 139 Å². The highest BCUT2D eigenvalue weighted by Crippen LogP contribution is 2.29. The number of nitrogens with one attached hydrogen (secondary N) is 1. The third-order valence-corrected chi connectivity index (χ3v) is 4.13. The van der Waals surface area contributed by atoms with Gasteiger partial charge < -0.3 is 19.7 Å². The summed E-state index contributed by atoms with van der Waals surface area (Å²) in [7, 11) is 1.89. The molecule has 1 fully saturated rings. The molecule has 5 heteroatoms. The molecule has 0 bridgehead atoms. The quantitative estimate of drug-likeness (QED) is 0.839. The highest BCUT2D eigenvalue weighted by Gasteiger charge is 2.23. The van der Waals surface area contributed by atoms with Gasteiger partial charge in [-0.05, 0) is 57.5 Å². The summed E-state index contributed by atoms with van der Waals surface area (Å²) in [4.78, 5) is 14.6. The third kappa shape index (κ3) is 4.61. The fraction of sp³-hybridized carbons (Fsp3) is 0.611. The lowest BCUT2D eigenvalue weighted by molar-refractivity contribution is 0.0702. The van der Waals surface area contributed by atoms with E-state index >= 15 is 0 Å². The Hall–Kier alpha value is -1.75. The van der Waals surface area contributed by atoms with Gasteiger partial charge >= 0.3 is 0 Å². The van der Waals surface area contributed by atoms with Crippen LogP contribution in [-0.2, 0) is 0 Å². The Morgan fingerprint density at radius 1 is 1.22 bits per heavy atom. The largest absolute Gasteiger partial charge is 0.490 e. The van der Waals surface area contributed by atoms with Gasteiger partial charge in [0.15, 0.2) is 11.5 Å².